The van der Waals surface area contributed by atoms with Gasteiger partial charge in [-0.1, -0.05) is 40.0 Å². The second-order valence-corrected chi connectivity index (χ2v) is 6.18. The zero-order valence-corrected chi connectivity index (χ0v) is 12.7. The Balaban J connectivity index is 2.47. The van der Waals surface area contributed by atoms with Crippen LogP contribution in [0.5, 0.6) is 5.75 Å². The highest BCUT2D eigenvalue weighted by molar-refractivity contribution is 7.11. The van der Waals surface area contributed by atoms with Crippen molar-refractivity contribution in [3.63, 3.8) is 0 Å². The molecule has 1 aromatic rings. The maximum atomic E-state index is 5.72. The number of anilines is 2. The molecule has 1 heterocycles. The summed E-state index contributed by atoms with van der Waals surface area (Å²) in [6, 6.07) is 0. The average Bonchev–Trinajstić information content (AvgIpc) is 2.67. The van der Waals surface area contributed by atoms with Crippen molar-refractivity contribution < 1.29 is 4.74 Å². The number of nitrogens with one attached hydrogen (secondary N) is 1. The van der Waals surface area contributed by atoms with Crippen LogP contribution in [0.2, 0.25) is 0 Å². The summed E-state index contributed by atoms with van der Waals surface area (Å²) < 4.78 is 9.34. The van der Waals surface area contributed by atoms with E-state index in [1.165, 1.54) is 37.2 Å². The van der Waals surface area contributed by atoms with Crippen LogP contribution >= 0.6 is 11.5 Å². The van der Waals surface area contributed by atoms with Gasteiger partial charge in [-0.15, -0.1) is 0 Å². The van der Waals surface area contributed by atoms with E-state index >= 15 is 0 Å². The number of hydrogen-bond donors (Lipinski definition) is 2. The minimum atomic E-state index is 0.277. The van der Waals surface area contributed by atoms with Gasteiger partial charge >= 0.3 is 0 Å². The minimum Gasteiger partial charge on any atom is -0.490 e. The van der Waals surface area contributed by atoms with Crippen molar-refractivity contribution >= 4 is 22.4 Å². The molecule has 0 radical (unpaired) electrons. The van der Waals surface area contributed by atoms with Gasteiger partial charge < -0.3 is 15.8 Å². The third-order valence-electron chi connectivity index (χ3n) is 3.06. The van der Waals surface area contributed by atoms with E-state index in [1.54, 1.807) is 7.11 Å². The third kappa shape index (κ3) is 4.37. The second-order valence-electron chi connectivity index (χ2n) is 5.41. The van der Waals surface area contributed by atoms with Crippen LogP contribution in [-0.4, -0.2) is 18.0 Å². The molecular weight excluding hydrogens is 246 g/mol. The lowest BCUT2D eigenvalue weighted by atomic mass is 9.87. The summed E-state index contributed by atoms with van der Waals surface area (Å²) >= 11 is 1.36. The Morgan fingerprint density at radius 2 is 2.11 bits per heavy atom. The number of nitrogens with two attached hydrogens (primary N) is 1. The Bertz CT molecular complexity index is 363. The van der Waals surface area contributed by atoms with E-state index in [0.29, 0.717) is 11.6 Å². The zero-order chi connectivity index (χ0) is 13.6. The first-order valence-corrected chi connectivity index (χ1v) is 7.30. The fourth-order valence-corrected chi connectivity index (χ4v) is 2.55. The number of nitrogens with zero attached hydrogens (tertiary/aromatic N) is 1. The molecule has 0 aliphatic heterocycles. The summed E-state index contributed by atoms with van der Waals surface area (Å²) in [5.41, 5.74) is 6.00. The molecule has 18 heavy (non-hydrogen) atoms. The number of rotatable bonds is 8. The molecule has 0 unspecified atom stereocenters. The van der Waals surface area contributed by atoms with Gasteiger partial charge in [-0.3, -0.25) is 0 Å². The van der Waals surface area contributed by atoms with E-state index in [1.807, 2.05) is 0 Å². The first-order chi connectivity index (χ1) is 8.50. The van der Waals surface area contributed by atoms with Gasteiger partial charge in [-0.25, -0.2) is 0 Å². The topological polar surface area (TPSA) is 60.2 Å². The molecular formula is C13H25N3OS. The Morgan fingerprint density at radius 3 is 2.72 bits per heavy atom. The number of aromatic nitrogens is 1. The zero-order valence-electron chi connectivity index (χ0n) is 11.9. The van der Waals surface area contributed by atoms with E-state index in [2.05, 4.69) is 30.5 Å². The molecule has 1 rings (SSSR count). The molecule has 0 aromatic carbocycles. The Kier molecular flexibility index (Phi) is 5.72. The van der Waals surface area contributed by atoms with E-state index < -0.39 is 0 Å². The summed E-state index contributed by atoms with van der Waals surface area (Å²) in [6.07, 6.45) is 5.08. The van der Waals surface area contributed by atoms with Crippen molar-refractivity contribution in [1.82, 2.24) is 4.37 Å². The first kappa shape index (κ1) is 15.1. The smallest absolute Gasteiger partial charge is 0.197 e. The number of ether oxygens (including phenoxy) is 1. The number of nitrogen functional groups attached to an aromatic ring is 1. The molecule has 0 amide bonds. The van der Waals surface area contributed by atoms with Gasteiger partial charge in [0, 0.05) is 6.54 Å². The van der Waals surface area contributed by atoms with E-state index in [4.69, 9.17) is 10.5 Å². The van der Waals surface area contributed by atoms with Crippen LogP contribution in [0.1, 0.15) is 46.5 Å². The lowest BCUT2D eigenvalue weighted by molar-refractivity contribution is 0.342. The molecule has 0 fully saturated rings. The predicted molar refractivity (Wildman–Crippen MR) is 79.5 cm³/mol. The summed E-state index contributed by atoms with van der Waals surface area (Å²) in [5.74, 6) is 1.14. The second kappa shape index (κ2) is 6.83. The number of unbranched alkanes of at least 4 members (excludes halogenated alkanes) is 2. The number of methoxy groups -OCH3 is 1. The van der Waals surface area contributed by atoms with Gasteiger partial charge in [0.15, 0.2) is 16.6 Å². The molecule has 0 bridgehead atoms. The van der Waals surface area contributed by atoms with Crippen molar-refractivity contribution in [3.05, 3.63) is 0 Å². The molecule has 0 aliphatic carbocycles. The van der Waals surface area contributed by atoms with Crippen LogP contribution in [0.4, 0.5) is 10.8 Å². The molecule has 0 saturated heterocycles. The quantitative estimate of drug-likeness (QED) is 0.707. The van der Waals surface area contributed by atoms with Gasteiger partial charge in [0.2, 0.25) is 0 Å². The number of hydrogen-bond acceptors (Lipinski definition) is 5. The van der Waals surface area contributed by atoms with E-state index in [0.717, 1.165) is 11.5 Å². The van der Waals surface area contributed by atoms with Gasteiger partial charge in [0.1, 0.15) is 0 Å². The SMILES string of the molecule is CCCCCC(C)(C)CNc1snc(N)c1OC. The summed E-state index contributed by atoms with van der Waals surface area (Å²) in [5, 5.41) is 4.33. The largest absolute Gasteiger partial charge is 0.490 e. The Hall–Kier alpha value is -0.970. The van der Waals surface area contributed by atoms with Gasteiger partial charge in [0.25, 0.3) is 0 Å². The minimum absolute atomic E-state index is 0.277. The van der Waals surface area contributed by atoms with Crippen molar-refractivity contribution in [3.8, 4) is 5.75 Å². The molecule has 1 aromatic heterocycles. The Labute approximate surface area is 114 Å². The predicted octanol–water partition coefficient (Wildman–Crippen LogP) is 3.75. The summed E-state index contributed by atoms with van der Waals surface area (Å²) in [6.45, 7) is 7.71. The summed E-state index contributed by atoms with van der Waals surface area (Å²) in [4.78, 5) is 0. The lowest BCUT2D eigenvalue weighted by Gasteiger charge is -2.25. The standard InChI is InChI=1S/C13H25N3OS/c1-5-6-7-8-13(2,3)9-15-12-10(17-4)11(14)16-18-12/h15H,5-9H2,1-4H3,(H2,14,16). The fraction of sp³-hybridized carbons (Fsp3) is 0.769. The van der Waals surface area contributed by atoms with Crippen molar-refractivity contribution in [2.24, 2.45) is 5.41 Å². The normalized spacial score (nSPS) is 11.6. The van der Waals surface area contributed by atoms with Crippen LogP contribution in [0.25, 0.3) is 0 Å². The lowest BCUT2D eigenvalue weighted by Crippen LogP contribution is -2.22. The molecule has 5 heteroatoms. The average molecular weight is 271 g/mol. The maximum Gasteiger partial charge on any atom is 0.197 e. The molecule has 0 saturated carbocycles. The van der Waals surface area contributed by atoms with Crippen molar-refractivity contribution in [2.45, 2.75) is 46.5 Å². The molecule has 0 spiro atoms. The highest BCUT2D eigenvalue weighted by atomic mass is 32.1. The first-order valence-electron chi connectivity index (χ1n) is 6.53. The Morgan fingerprint density at radius 1 is 1.39 bits per heavy atom. The van der Waals surface area contributed by atoms with Crippen molar-refractivity contribution in [2.75, 3.05) is 24.7 Å². The monoisotopic (exact) mass is 271 g/mol. The van der Waals surface area contributed by atoms with Crippen molar-refractivity contribution in [1.29, 1.82) is 0 Å². The van der Waals surface area contributed by atoms with Crippen LogP contribution in [0.15, 0.2) is 0 Å². The van der Waals surface area contributed by atoms with Crippen LogP contribution in [0.3, 0.4) is 0 Å². The highest BCUT2D eigenvalue weighted by Crippen LogP contribution is 2.36. The molecule has 0 atom stereocenters. The third-order valence-corrected chi connectivity index (χ3v) is 3.86. The fourth-order valence-electron chi connectivity index (χ4n) is 1.87. The van der Waals surface area contributed by atoms with E-state index in [-0.39, 0.29) is 5.41 Å². The van der Waals surface area contributed by atoms with E-state index in [9.17, 15) is 0 Å². The highest BCUT2D eigenvalue weighted by Gasteiger charge is 2.19. The molecule has 104 valence electrons. The maximum absolute atomic E-state index is 5.72. The molecule has 4 nitrogen and oxygen atoms in total. The van der Waals surface area contributed by atoms with Crippen LogP contribution in [0, 0.1) is 5.41 Å². The molecule has 3 N–H and O–H groups in total. The van der Waals surface area contributed by atoms with Crippen LogP contribution < -0.4 is 15.8 Å². The molecule has 0 aliphatic rings. The van der Waals surface area contributed by atoms with Crippen LogP contribution in [-0.2, 0) is 0 Å². The summed E-state index contributed by atoms with van der Waals surface area (Å²) in [7, 11) is 1.62. The van der Waals surface area contributed by atoms with Gasteiger partial charge in [-0.2, -0.15) is 4.37 Å². The van der Waals surface area contributed by atoms with Gasteiger partial charge in [0.05, 0.1) is 7.11 Å². The van der Waals surface area contributed by atoms with Gasteiger partial charge in [-0.05, 0) is 23.4 Å².